The molecule has 2 aromatic rings. The topological polar surface area (TPSA) is 119 Å². The predicted molar refractivity (Wildman–Crippen MR) is 117 cm³/mol. The Morgan fingerprint density at radius 3 is 2.30 bits per heavy atom. The van der Waals surface area contributed by atoms with Crippen molar-refractivity contribution < 1.29 is 36.2 Å². The molecule has 2 aromatic heterocycles. The van der Waals surface area contributed by atoms with Crippen LogP contribution in [0.15, 0.2) is 23.3 Å². The van der Waals surface area contributed by atoms with Gasteiger partial charge >= 0.3 is 12.4 Å². The third kappa shape index (κ3) is 6.11. The highest BCUT2D eigenvalue weighted by atomic mass is 19.4. The number of anilines is 2. The first kappa shape index (κ1) is 26.6. The first-order valence-electron chi connectivity index (χ1n) is 11.4. The molecule has 4 rings (SSSR count). The first-order valence-corrected chi connectivity index (χ1v) is 11.4. The van der Waals surface area contributed by atoms with Crippen molar-refractivity contribution >= 4 is 17.7 Å². The van der Waals surface area contributed by atoms with Crippen molar-refractivity contribution in [2.75, 3.05) is 42.5 Å². The number of carbonyl (C=O) groups excluding carboxylic acids is 1. The fourth-order valence-electron chi connectivity index (χ4n) is 4.43. The molecule has 2 N–H and O–H groups in total. The van der Waals surface area contributed by atoms with E-state index in [1.807, 2.05) is 5.10 Å². The van der Waals surface area contributed by atoms with Gasteiger partial charge in [0.1, 0.15) is 11.4 Å². The van der Waals surface area contributed by atoms with Crippen LogP contribution < -0.4 is 15.4 Å². The molecule has 2 aliphatic heterocycles. The second-order valence-corrected chi connectivity index (χ2v) is 8.84. The van der Waals surface area contributed by atoms with Gasteiger partial charge in [0.2, 0.25) is 11.9 Å². The summed E-state index contributed by atoms with van der Waals surface area (Å²) in [6.45, 7) is 1.20. The van der Waals surface area contributed by atoms with Gasteiger partial charge < -0.3 is 19.8 Å². The number of nitrogens with one attached hydrogen (secondary N) is 1. The number of alkyl halides is 6. The van der Waals surface area contributed by atoms with Gasteiger partial charge in [0.25, 0.3) is 5.56 Å². The standard InChI is InChI=1S/C21H23F6N7O3/c22-20(23,24)12-9-28-19(29-10-12)33-5-3-32(4-6-33)17(36)2-1-13-7-14(35)11-34(13)16-8-15(21(25,26)27)18(37)31-30-16/h8-10,13-14,35H,1-7,11H2,(H,31,37)/t13-,14+/m1/s1. The predicted octanol–water partition coefficient (Wildman–Crippen LogP) is 1.67. The van der Waals surface area contributed by atoms with Gasteiger partial charge in [-0.2, -0.15) is 31.4 Å². The average molecular weight is 535 g/mol. The van der Waals surface area contributed by atoms with E-state index >= 15 is 0 Å². The minimum atomic E-state index is -4.87. The van der Waals surface area contributed by atoms with Crippen molar-refractivity contribution in [3.8, 4) is 0 Å². The number of carbonyl (C=O) groups is 1. The third-order valence-electron chi connectivity index (χ3n) is 6.35. The molecule has 10 nitrogen and oxygen atoms in total. The number of aromatic amines is 1. The Morgan fingerprint density at radius 1 is 1.05 bits per heavy atom. The van der Waals surface area contributed by atoms with E-state index in [9.17, 15) is 41.0 Å². The maximum Gasteiger partial charge on any atom is 0.421 e. The summed E-state index contributed by atoms with van der Waals surface area (Å²) in [6.07, 6.45) is -8.33. The van der Waals surface area contributed by atoms with Crippen LogP contribution in [0.5, 0.6) is 0 Å². The van der Waals surface area contributed by atoms with Crippen molar-refractivity contribution in [2.24, 2.45) is 0 Å². The number of aliphatic hydroxyl groups is 1. The number of hydrogen-bond donors (Lipinski definition) is 2. The summed E-state index contributed by atoms with van der Waals surface area (Å²) in [5, 5.41) is 15.6. The van der Waals surface area contributed by atoms with E-state index in [0.29, 0.717) is 31.5 Å². The van der Waals surface area contributed by atoms with E-state index in [4.69, 9.17) is 0 Å². The van der Waals surface area contributed by atoms with E-state index < -0.39 is 41.2 Å². The molecule has 1 amide bonds. The van der Waals surface area contributed by atoms with Crippen molar-refractivity contribution in [1.29, 1.82) is 0 Å². The SMILES string of the molecule is O=C(CC[C@@H]1C[C@H](O)CN1c1cc(C(F)(F)F)c(=O)[nH]n1)N1CCN(c2ncc(C(F)(F)F)cn2)CC1. The number of amides is 1. The number of halogens is 6. The summed E-state index contributed by atoms with van der Waals surface area (Å²) in [7, 11) is 0. The Labute approximate surface area is 205 Å². The van der Waals surface area contributed by atoms with Gasteiger partial charge in [0, 0.05) is 63.6 Å². The van der Waals surface area contributed by atoms with Crippen molar-refractivity contribution in [3.63, 3.8) is 0 Å². The lowest BCUT2D eigenvalue weighted by Crippen LogP contribution is -2.49. The lowest BCUT2D eigenvalue weighted by molar-refractivity contribution is -0.139. The number of aliphatic hydroxyl groups excluding tert-OH is 1. The van der Waals surface area contributed by atoms with Gasteiger partial charge in [0.15, 0.2) is 0 Å². The zero-order chi connectivity index (χ0) is 27.0. The first-order chi connectivity index (χ1) is 17.3. The lowest BCUT2D eigenvalue weighted by Gasteiger charge is -2.35. The van der Waals surface area contributed by atoms with Gasteiger partial charge in [-0.1, -0.05) is 0 Å². The van der Waals surface area contributed by atoms with E-state index in [-0.39, 0.29) is 56.6 Å². The largest absolute Gasteiger partial charge is 0.421 e. The second kappa shape index (κ2) is 10.1. The zero-order valence-electron chi connectivity index (χ0n) is 19.3. The number of H-pyrrole nitrogens is 1. The van der Waals surface area contributed by atoms with E-state index in [1.165, 1.54) is 4.90 Å². The molecule has 37 heavy (non-hydrogen) atoms. The van der Waals surface area contributed by atoms with E-state index in [1.54, 1.807) is 9.80 Å². The van der Waals surface area contributed by atoms with Crippen LogP contribution in [-0.4, -0.2) is 80.9 Å². The third-order valence-corrected chi connectivity index (χ3v) is 6.35. The van der Waals surface area contributed by atoms with Crippen LogP contribution in [0.1, 0.15) is 30.4 Å². The second-order valence-electron chi connectivity index (χ2n) is 8.84. The molecule has 16 heteroatoms. The van der Waals surface area contributed by atoms with Crippen LogP contribution in [0, 0.1) is 0 Å². The molecule has 2 aliphatic rings. The molecule has 0 saturated carbocycles. The average Bonchev–Trinajstić information content (AvgIpc) is 3.22. The molecule has 0 bridgehead atoms. The summed E-state index contributed by atoms with van der Waals surface area (Å²) < 4.78 is 77.5. The fraction of sp³-hybridized carbons (Fsp3) is 0.571. The van der Waals surface area contributed by atoms with Crippen LogP contribution in [-0.2, 0) is 17.1 Å². The van der Waals surface area contributed by atoms with Crippen molar-refractivity contribution in [3.05, 3.63) is 39.9 Å². The molecule has 202 valence electrons. The van der Waals surface area contributed by atoms with Crippen LogP contribution in [0.25, 0.3) is 0 Å². The molecular formula is C21H23F6N7O3. The Balaban J connectivity index is 1.33. The van der Waals surface area contributed by atoms with Gasteiger partial charge in [-0.15, -0.1) is 0 Å². The van der Waals surface area contributed by atoms with Crippen LogP contribution in [0.3, 0.4) is 0 Å². The highest BCUT2D eigenvalue weighted by Gasteiger charge is 2.38. The quantitative estimate of drug-likeness (QED) is 0.556. The lowest BCUT2D eigenvalue weighted by atomic mass is 10.1. The Hall–Kier alpha value is -3.43. The van der Waals surface area contributed by atoms with Gasteiger partial charge in [0.05, 0.1) is 11.7 Å². The maximum absolute atomic E-state index is 13.1. The van der Waals surface area contributed by atoms with Crippen molar-refractivity contribution in [1.82, 2.24) is 25.1 Å². The maximum atomic E-state index is 13.1. The summed E-state index contributed by atoms with van der Waals surface area (Å²) in [6, 6.07) is 0.161. The summed E-state index contributed by atoms with van der Waals surface area (Å²) >= 11 is 0. The molecule has 2 atom stereocenters. The van der Waals surface area contributed by atoms with Gasteiger partial charge in [-0.3, -0.25) is 9.59 Å². The molecule has 0 radical (unpaired) electrons. The Bertz CT molecular complexity index is 1160. The molecule has 4 heterocycles. The van der Waals surface area contributed by atoms with Crippen LogP contribution in [0.4, 0.5) is 38.1 Å². The van der Waals surface area contributed by atoms with E-state index in [0.717, 1.165) is 0 Å². The fourth-order valence-corrected chi connectivity index (χ4v) is 4.43. The molecular weight excluding hydrogens is 512 g/mol. The minimum absolute atomic E-state index is 0.000993. The zero-order valence-corrected chi connectivity index (χ0v) is 19.3. The molecule has 0 aromatic carbocycles. The molecule has 2 fully saturated rings. The monoisotopic (exact) mass is 535 g/mol. The van der Waals surface area contributed by atoms with Crippen LogP contribution >= 0.6 is 0 Å². The number of piperazine rings is 1. The number of nitrogens with zero attached hydrogens (tertiary/aromatic N) is 6. The number of hydrogen-bond acceptors (Lipinski definition) is 8. The smallest absolute Gasteiger partial charge is 0.391 e. The normalized spacial score (nSPS) is 21.0. The molecule has 0 unspecified atom stereocenters. The van der Waals surface area contributed by atoms with Gasteiger partial charge in [-0.25, -0.2) is 15.1 Å². The van der Waals surface area contributed by atoms with Crippen molar-refractivity contribution in [2.45, 2.75) is 43.8 Å². The number of aromatic nitrogens is 4. The van der Waals surface area contributed by atoms with Gasteiger partial charge in [-0.05, 0) is 12.8 Å². The summed E-state index contributed by atoms with van der Waals surface area (Å²) in [5.41, 5.74) is -3.73. The molecule has 0 spiro atoms. The minimum Gasteiger partial charge on any atom is -0.391 e. The Morgan fingerprint density at radius 2 is 1.70 bits per heavy atom. The summed E-state index contributed by atoms with van der Waals surface area (Å²) in [5.74, 6) is -0.229. The highest BCUT2D eigenvalue weighted by Crippen LogP contribution is 2.32. The van der Waals surface area contributed by atoms with E-state index in [2.05, 4.69) is 15.1 Å². The van der Waals surface area contributed by atoms with Crippen LogP contribution in [0.2, 0.25) is 0 Å². The number of rotatable bonds is 5. The highest BCUT2D eigenvalue weighted by molar-refractivity contribution is 5.76. The summed E-state index contributed by atoms with van der Waals surface area (Å²) in [4.78, 5) is 36.5. The number of β-amino-alcohol motifs (C(OH)–C–C–N with tert-alkyl or cyclic N) is 1. The molecule has 0 aliphatic carbocycles. The Kier molecular flexibility index (Phi) is 7.30. The molecule has 2 saturated heterocycles.